The molecular weight excluding hydrogens is 580 g/mol. The standard InChI is InChI=1S/C37H48N4O5/c1-25(2)34(41-20-12-19-38-37(41)45)36(44)39-30(21-28-15-7-5-8-16-28)23-32(42)31(22-29-17-9-6-10-18-29)40-33(43)24-46-35-26(3)13-11-14-27(35)4/h5-11,13-18,25,30-32,34,42H,12,19-24H2,1-4H3,(H,38,45)(H,39,44)(H,40,43)/t30-,31-,32-,34-/m0/s1/i12D2,19D2,20D2,21D2,22D2. The van der Waals surface area contributed by atoms with Gasteiger partial charge in [0.25, 0.3) is 5.91 Å². The van der Waals surface area contributed by atoms with Crippen LogP contribution in [0.5, 0.6) is 5.75 Å². The fourth-order valence-electron chi connectivity index (χ4n) is 5.04. The highest BCUT2D eigenvalue weighted by Gasteiger charge is 2.35. The molecule has 9 heteroatoms. The van der Waals surface area contributed by atoms with E-state index in [2.05, 4.69) is 10.6 Å². The summed E-state index contributed by atoms with van der Waals surface area (Å²) in [6.45, 7) is -0.671. The number of hydrogen-bond donors (Lipinski definition) is 4. The Morgan fingerprint density at radius 3 is 2.17 bits per heavy atom. The maximum Gasteiger partial charge on any atom is 0.318 e. The Balaban J connectivity index is 1.74. The number of amides is 4. The average molecular weight is 639 g/mol. The topological polar surface area (TPSA) is 120 Å². The van der Waals surface area contributed by atoms with Crippen molar-refractivity contribution in [2.24, 2.45) is 5.92 Å². The van der Waals surface area contributed by atoms with Crippen LogP contribution in [-0.2, 0) is 22.3 Å². The summed E-state index contributed by atoms with van der Waals surface area (Å²) in [6.07, 6.45) is -11.0. The number of nitrogens with zero attached hydrogens (tertiary/aromatic N) is 1. The van der Waals surface area contributed by atoms with Gasteiger partial charge >= 0.3 is 6.03 Å². The number of aliphatic hydroxyl groups excluding tert-OH is 1. The lowest BCUT2D eigenvalue weighted by atomic mass is 9.92. The number of carbonyl (C=O) groups excluding carboxylic acids is 3. The maximum absolute atomic E-state index is 14.3. The van der Waals surface area contributed by atoms with E-state index in [4.69, 9.17) is 15.7 Å². The van der Waals surface area contributed by atoms with Crippen LogP contribution in [-0.4, -0.2) is 71.7 Å². The molecule has 0 saturated carbocycles. The van der Waals surface area contributed by atoms with E-state index in [-0.39, 0.29) is 16.0 Å². The second-order valence-corrected chi connectivity index (χ2v) is 11.3. The van der Waals surface area contributed by atoms with E-state index in [1.807, 2.05) is 6.07 Å². The van der Waals surface area contributed by atoms with E-state index in [0.29, 0.717) is 5.75 Å². The van der Waals surface area contributed by atoms with Crippen molar-refractivity contribution in [1.82, 2.24) is 20.9 Å². The zero-order valence-electron chi connectivity index (χ0n) is 36.3. The van der Waals surface area contributed by atoms with E-state index >= 15 is 0 Å². The Labute approximate surface area is 286 Å². The van der Waals surface area contributed by atoms with Gasteiger partial charge in [-0.15, -0.1) is 0 Å². The van der Waals surface area contributed by atoms with Gasteiger partial charge in [-0.2, -0.15) is 0 Å². The molecule has 4 amide bonds. The summed E-state index contributed by atoms with van der Waals surface area (Å²) in [5.41, 5.74) is 1.60. The number of carbonyl (C=O) groups is 3. The number of rotatable bonds is 15. The van der Waals surface area contributed by atoms with Gasteiger partial charge < -0.3 is 30.7 Å². The molecule has 4 N–H and O–H groups in total. The van der Waals surface area contributed by atoms with Crippen molar-refractivity contribution in [3.8, 4) is 5.75 Å². The molecule has 0 radical (unpaired) electrons. The van der Waals surface area contributed by atoms with Crippen LogP contribution in [0.15, 0.2) is 78.9 Å². The fourth-order valence-corrected chi connectivity index (χ4v) is 5.04. The zero-order chi connectivity index (χ0) is 42.0. The minimum atomic E-state index is -3.39. The van der Waals surface area contributed by atoms with Crippen LogP contribution in [0.2, 0.25) is 0 Å². The van der Waals surface area contributed by atoms with E-state index in [9.17, 15) is 22.2 Å². The van der Waals surface area contributed by atoms with Gasteiger partial charge in [0.05, 0.1) is 12.1 Å². The molecule has 246 valence electrons. The third-order valence-corrected chi connectivity index (χ3v) is 7.27. The zero-order valence-corrected chi connectivity index (χ0v) is 26.3. The van der Waals surface area contributed by atoms with Gasteiger partial charge in [0, 0.05) is 32.7 Å². The van der Waals surface area contributed by atoms with E-state index in [1.54, 1.807) is 55.6 Å². The summed E-state index contributed by atoms with van der Waals surface area (Å²) in [4.78, 5) is 41.2. The lowest BCUT2D eigenvalue weighted by Crippen LogP contribution is -2.59. The first-order chi connectivity index (χ1) is 25.9. The highest BCUT2D eigenvalue weighted by molar-refractivity contribution is 5.87. The Kier molecular flexibility index (Phi) is 8.41. The molecule has 1 aliphatic rings. The second-order valence-electron chi connectivity index (χ2n) is 11.3. The second kappa shape index (κ2) is 16.8. The van der Waals surface area contributed by atoms with E-state index < -0.39 is 93.1 Å². The Hall–Kier alpha value is -4.37. The monoisotopic (exact) mass is 638 g/mol. The molecule has 0 bridgehead atoms. The normalized spacial score (nSPS) is 22.9. The van der Waals surface area contributed by atoms with Crippen LogP contribution in [0.3, 0.4) is 0 Å². The molecule has 1 aliphatic heterocycles. The van der Waals surface area contributed by atoms with Gasteiger partial charge in [-0.05, 0) is 67.6 Å². The maximum atomic E-state index is 14.3. The molecule has 1 saturated heterocycles. The third-order valence-electron chi connectivity index (χ3n) is 7.27. The molecule has 0 aliphatic carbocycles. The summed E-state index contributed by atoms with van der Waals surface area (Å²) in [6, 6.07) is 13.9. The van der Waals surface area contributed by atoms with Crippen LogP contribution in [0.1, 0.15) is 62.6 Å². The number of aryl methyl sites for hydroxylation is 2. The molecule has 0 aromatic heterocycles. The molecule has 3 aromatic rings. The SMILES string of the molecule is [2H]C([2H])(c1ccccc1)[C@H](NC(=O)COc1c(C)cccc1C)[C@@H](O)C[C@@H](NC(=O)[C@H](C(C)C)N1C(=O)NC([2H])([2H])C([2H])([2H])C1([2H])[2H])C([2H])([2H])c1ccccc1. The number of hydrogen-bond acceptors (Lipinski definition) is 5. The van der Waals surface area contributed by atoms with Crippen LogP contribution in [0.4, 0.5) is 4.79 Å². The van der Waals surface area contributed by atoms with Crippen LogP contribution >= 0.6 is 0 Å². The van der Waals surface area contributed by atoms with Gasteiger partial charge in [-0.1, -0.05) is 92.7 Å². The summed E-state index contributed by atoms with van der Waals surface area (Å²) >= 11 is 0. The summed E-state index contributed by atoms with van der Waals surface area (Å²) in [7, 11) is 0. The van der Waals surface area contributed by atoms with Crippen molar-refractivity contribution < 1.29 is 37.9 Å². The minimum Gasteiger partial charge on any atom is -0.483 e. The van der Waals surface area contributed by atoms with Crippen molar-refractivity contribution in [3.63, 3.8) is 0 Å². The molecule has 4 rings (SSSR count). The number of aliphatic hydroxyl groups is 1. The summed E-state index contributed by atoms with van der Waals surface area (Å²) in [5, 5.41) is 18.7. The van der Waals surface area contributed by atoms with Crippen molar-refractivity contribution in [1.29, 1.82) is 0 Å². The van der Waals surface area contributed by atoms with E-state index in [0.717, 1.165) is 11.1 Å². The average Bonchev–Trinajstić information content (AvgIpc) is 3.11. The largest absolute Gasteiger partial charge is 0.483 e. The van der Waals surface area contributed by atoms with Crippen LogP contribution < -0.4 is 20.7 Å². The number of nitrogens with one attached hydrogen (secondary N) is 3. The van der Waals surface area contributed by atoms with Gasteiger partial charge in [0.15, 0.2) is 6.61 Å². The van der Waals surface area contributed by atoms with Crippen molar-refractivity contribution in [2.45, 2.75) is 77.5 Å². The fraction of sp³-hybridized carbons (Fsp3) is 0.432. The molecule has 3 aromatic carbocycles. The predicted molar refractivity (Wildman–Crippen MR) is 180 cm³/mol. The highest BCUT2D eigenvalue weighted by atomic mass is 16.5. The lowest BCUT2D eigenvalue weighted by Gasteiger charge is -2.37. The number of urea groups is 1. The quantitative estimate of drug-likeness (QED) is 0.198. The third kappa shape index (κ3) is 9.81. The first kappa shape index (κ1) is 23.0. The Bertz CT molecular complexity index is 1850. The lowest BCUT2D eigenvalue weighted by molar-refractivity contribution is -0.128. The Morgan fingerprint density at radius 2 is 1.57 bits per heavy atom. The van der Waals surface area contributed by atoms with Crippen molar-refractivity contribution in [3.05, 3.63) is 101 Å². The van der Waals surface area contributed by atoms with Gasteiger partial charge in [0.1, 0.15) is 11.8 Å². The molecule has 0 spiro atoms. The van der Waals surface area contributed by atoms with Crippen LogP contribution in [0, 0.1) is 19.8 Å². The molecular formula is C37H48N4O5. The molecule has 1 heterocycles. The summed E-state index contributed by atoms with van der Waals surface area (Å²) < 4.78 is 92.0. The summed E-state index contributed by atoms with van der Waals surface area (Å²) in [5.74, 6) is -2.47. The molecule has 46 heavy (non-hydrogen) atoms. The smallest absolute Gasteiger partial charge is 0.318 e. The minimum absolute atomic E-state index is 0.0304. The molecule has 1 fully saturated rings. The van der Waals surface area contributed by atoms with Gasteiger partial charge in [-0.3, -0.25) is 9.59 Å². The first-order valence-corrected chi connectivity index (χ1v) is 15.1. The van der Waals surface area contributed by atoms with E-state index in [1.165, 1.54) is 50.2 Å². The number of para-hydroxylation sites is 1. The van der Waals surface area contributed by atoms with Gasteiger partial charge in [0.2, 0.25) is 5.91 Å². The predicted octanol–water partition coefficient (Wildman–Crippen LogP) is 4.33. The Morgan fingerprint density at radius 1 is 0.957 bits per heavy atom. The number of benzene rings is 3. The van der Waals surface area contributed by atoms with Crippen molar-refractivity contribution >= 4 is 17.8 Å². The van der Waals surface area contributed by atoms with Gasteiger partial charge in [-0.25, -0.2) is 4.79 Å². The first-order valence-electron chi connectivity index (χ1n) is 20.1. The van der Waals surface area contributed by atoms with Crippen LogP contribution in [0.25, 0.3) is 0 Å². The number of ether oxygens (including phenoxy) is 1. The molecule has 0 unspecified atom stereocenters. The molecule has 9 nitrogen and oxygen atoms in total. The highest BCUT2D eigenvalue weighted by Crippen LogP contribution is 2.22. The molecule has 4 atom stereocenters. The van der Waals surface area contributed by atoms with Crippen molar-refractivity contribution in [2.75, 3.05) is 19.6 Å².